The average Bonchev–Trinajstić information content (AvgIpc) is 3.12. The second-order valence-corrected chi connectivity index (χ2v) is 14.4. The SMILES string of the molecule is O=C1NS(=O)(=O)C2CCOCC2C/C=C\CC2CCC2CN2CC3(CC=Cc4ccccc43)COc3ccc1cc32. The van der Waals surface area contributed by atoms with E-state index in [2.05, 4.69) is 58.2 Å². The van der Waals surface area contributed by atoms with Crippen molar-refractivity contribution in [2.75, 3.05) is 37.8 Å². The van der Waals surface area contributed by atoms with Gasteiger partial charge in [-0.3, -0.25) is 4.79 Å². The first-order valence-electron chi connectivity index (χ1n) is 15.0. The standard InChI is InChI=1S/C33H38N2O5S/c36-32-25-13-14-30-29(18-25)35(21-33(22-40-30)16-5-9-24-7-3-4-10-28(24)33)19-26-12-11-23(26)6-1-2-8-27-20-39-17-15-31(27)41(37,38)34-32/h1-5,7,9-10,13-14,18,23,26-27,31H,6,8,11-12,15-17,19-22H2,(H,34,36)/b2-1-. The molecule has 216 valence electrons. The summed E-state index contributed by atoms with van der Waals surface area (Å²) in [6, 6.07) is 13.9. The summed E-state index contributed by atoms with van der Waals surface area (Å²) in [6.07, 6.45) is 14.1. The summed E-state index contributed by atoms with van der Waals surface area (Å²) in [5.74, 6) is 1.13. The van der Waals surface area contributed by atoms with Gasteiger partial charge in [-0.15, -0.1) is 0 Å². The van der Waals surface area contributed by atoms with Gasteiger partial charge in [-0.05, 0) is 79.7 Å². The number of sulfonamides is 1. The van der Waals surface area contributed by atoms with Crippen molar-refractivity contribution in [1.29, 1.82) is 0 Å². The zero-order valence-corrected chi connectivity index (χ0v) is 24.2. The molecule has 3 heterocycles. The number of benzene rings is 2. The van der Waals surface area contributed by atoms with Crippen LogP contribution in [0.4, 0.5) is 5.69 Å². The molecule has 0 radical (unpaired) electrons. The number of anilines is 1. The third-order valence-electron chi connectivity index (χ3n) is 10.0. The van der Waals surface area contributed by atoms with Gasteiger partial charge in [0.25, 0.3) is 5.91 Å². The first-order valence-corrected chi connectivity index (χ1v) is 16.5. The van der Waals surface area contributed by atoms with Crippen LogP contribution in [0, 0.1) is 17.8 Å². The third-order valence-corrected chi connectivity index (χ3v) is 11.9. The summed E-state index contributed by atoms with van der Waals surface area (Å²) < 4.78 is 41.5. The molecular weight excluding hydrogens is 536 g/mol. The van der Waals surface area contributed by atoms with Crippen LogP contribution in [0.15, 0.2) is 60.7 Å². The Morgan fingerprint density at radius 2 is 1.78 bits per heavy atom. The highest BCUT2D eigenvalue weighted by atomic mass is 32.2. The molecule has 1 saturated heterocycles. The molecule has 1 spiro atoms. The van der Waals surface area contributed by atoms with Gasteiger partial charge in [0, 0.05) is 31.2 Å². The van der Waals surface area contributed by atoms with E-state index in [1.54, 1.807) is 6.07 Å². The number of hydrogen-bond acceptors (Lipinski definition) is 6. The Labute approximate surface area is 242 Å². The lowest BCUT2D eigenvalue weighted by molar-refractivity contribution is 0.0577. The van der Waals surface area contributed by atoms with Crippen molar-refractivity contribution in [3.8, 4) is 5.75 Å². The van der Waals surface area contributed by atoms with E-state index in [0.29, 0.717) is 50.1 Å². The van der Waals surface area contributed by atoms with Crippen LogP contribution in [-0.4, -0.2) is 52.5 Å². The molecule has 1 amide bonds. The lowest BCUT2D eigenvalue weighted by Gasteiger charge is -2.43. The fourth-order valence-electron chi connectivity index (χ4n) is 7.52. The van der Waals surface area contributed by atoms with E-state index in [-0.39, 0.29) is 11.3 Å². The van der Waals surface area contributed by atoms with Crippen molar-refractivity contribution < 1.29 is 22.7 Å². The van der Waals surface area contributed by atoms with E-state index in [9.17, 15) is 13.2 Å². The summed E-state index contributed by atoms with van der Waals surface area (Å²) in [5, 5.41) is -0.658. The Hall–Kier alpha value is -3.10. The lowest BCUT2D eigenvalue weighted by Crippen LogP contribution is -2.47. The molecule has 7 nitrogen and oxygen atoms in total. The van der Waals surface area contributed by atoms with Crippen LogP contribution in [0.2, 0.25) is 0 Å². The maximum atomic E-state index is 13.5. The number of carbonyl (C=O) groups is 1. The second-order valence-electron chi connectivity index (χ2n) is 12.5. The van der Waals surface area contributed by atoms with Gasteiger partial charge in [0.1, 0.15) is 5.75 Å². The minimum absolute atomic E-state index is 0.171. The van der Waals surface area contributed by atoms with Gasteiger partial charge in [0.05, 0.1) is 29.6 Å². The molecule has 7 rings (SSSR count). The molecule has 5 atom stereocenters. The Kier molecular flexibility index (Phi) is 6.94. The first-order chi connectivity index (χ1) is 19.9. The molecule has 2 aromatic rings. The zero-order chi connectivity index (χ0) is 28.0. The smallest absolute Gasteiger partial charge is 0.264 e. The molecule has 2 bridgehead atoms. The highest BCUT2D eigenvalue weighted by Crippen LogP contribution is 2.45. The van der Waals surface area contributed by atoms with Crippen molar-refractivity contribution in [2.45, 2.75) is 49.2 Å². The van der Waals surface area contributed by atoms with Gasteiger partial charge >= 0.3 is 0 Å². The predicted molar refractivity (Wildman–Crippen MR) is 160 cm³/mol. The Bertz CT molecular complexity index is 1500. The molecule has 2 aromatic carbocycles. The van der Waals surface area contributed by atoms with Crippen LogP contribution >= 0.6 is 0 Å². The molecule has 41 heavy (non-hydrogen) atoms. The van der Waals surface area contributed by atoms with Crippen LogP contribution < -0.4 is 14.4 Å². The molecule has 5 aliphatic rings. The monoisotopic (exact) mass is 574 g/mol. The topological polar surface area (TPSA) is 84.9 Å². The van der Waals surface area contributed by atoms with E-state index in [1.165, 1.54) is 24.0 Å². The van der Waals surface area contributed by atoms with Crippen LogP contribution in [0.25, 0.3) is 6.08 Å². The van der Waals surface area contributed by atoms with Gasteiger partial charge in [0.15, 0.2) is 0 Å². The van der Waals surface area contributed by atoms with Gasteiger partial charge in [0.2, 0.25) is 10.0 Å². The number of nitrogens with one attached hydrogen (secondary N) is 1. The molecule has 2 fully saturated rings. The number of allylic oxidation sites excluding steroid dienone is 3. The van der Waals surface area contributed by atoms with E-state index in [0.717, 1.165) is 37.4 Å². The maximum Gasteiger partial charge on any atom is 0.264 e. The summed E-state index contributed by atoms with van der Waals surface area (Å²) in [6.45, 7) is 2.97. The molecular formula is C33H38N2O5S. The van der Waals surface area contributed by atoms with Crippen molar-refractivity contribution >= 4 is 27.7 Å². The van der Waals surface area contributed by atoms with Crippen LogP contribution in [0.5, 0.6) is 5.75 Å². The first kappa shape index (κ1) is 26.8. The fraction of sp³-hybridized carbons (Fsp3) is 0.485. The van der Waals surface area contributed by atoms with Crippen LogP contribution in [0.3, 0.4) is 0 Å². The Balaban J connectivity index is 1.28. The fourth-order valence-corrected chi connectivity index (χ4v) is 9.15. The predicted octanol–water partition coefficient (Wildman–Crippen LogP) is 5.08. The number of nitrogens with zero attached hydrogens (tertiary/aromatic N) is 1. The highest BCUT2D eigenvalue weighted by molar-refractivity contribution is 7.90. The number of ether oxygens (including phenoxy) is 2. The largest absolute Gasteiger partial charge is 0.490 e. The summed E-state index contributed by atoms with van der Waals surface area (Å²) >= 11 is 0. The van der Waals surface area contributed by atoms with E-state index in [4.69, 9.17) is 9.47 Å². The van der Waals surface area contributed by atoms with Crippen molar-refractivity contribution in [3.63, 3.8) is 0 Å². The summed E-state index contributed by atoms with van der Waals surface area (Å²) in [7, 11) is -3.88. The molecule has 1 N–H and O–H groups in total. The van der Waals surface area contributed by atoms with Gasteiger partial charge in [-0.2, -0.15) is 0 Å². The summed E-state index contributed by atoms with van der Waals surface area (Å²) in [5.41, 5.74) is 3.52. The molecule has 0 aromatic heterocycles. The van der Waals surface area contributed by atoms with Crippen LogP contribution in [-0.2, 0) is 20.2 Å². The molecule has 2 aliphatic carbocycles. The molecule has 1 saturated carbocycles. The summed E-state index contributed by atoms with van der Waals surface area (Å²) in [4.78, 5) is 15.9. The second kappa shape index (κ2) is 10.6. The zero-order valence-electron chi connectivity index (χ0n) is 23.3. The lowest BCUT2D eigenvalue weighted by atomic mass is 9.70. The Morgan fingerprint density at radius 3 is 2.63 bits per heavy atom. The number of hydrogen-bond donors (Lipinski definition) is 1. The normalized spacial score (nSPS) is 33.2. The minimum Gasteiger partial charge on any atom is -0.490 e. The van der Waals surface area contributed by atoms with Crippen molar-refractivity contribution in [1.82, 2.24) is 4.72 Å². The third kappa shape index (κ3) is 4.99. The molecule has 5 unspecified atom stereocenters. The maximum absolute atomic E-state index is 13.5. The van der Waals surface area contributed by atoms with Crippen molar-refractivity contribution in [3.05, 3.63) is 77.4 Å². The quantitative estimate of drug-likeness (QED) is 0.442. The molecule has 3 aliphatic heterocycles. The number of carbonyl (C=O) groups excluding carboxylic acids is 1. The highest BCUT2D eigenvalue weighted by Gasteiger charge is 2.43. The Morgan fingerprint density at radius 1 is 0.951 bits per heavy atom. The minimum atomic E-state index is -3.88. The number of amides is 1. The van der Waals surface area contributed by atoms with E-state index >= 15 is 0 Å². The van der Waals surface area contributed by atoms with Crippen LogP contribution in [0.1, 0.15) is 60.0 Å². The van der Waals surface area contributed by atoms with Crippen molar-refractivity contribution in [2.24, 2.45) is 17.8 Å². The molecule has 8 heteroatoms. The number of fused-ring (bicyclic) bond motifs is 5. The van der Waals surface area contributed by atoms with E-state index < -0.39 is 21.2 Å². The van der Waals surface area contributed by atoms with Gasteiger partial charge in [-0.25, -0.2) is 13.1 Å². The van der Waals surface area contributed by atoms with Gasteiger partial charge in [-0.1, -0.05) is 48.6 Å². The van der Waals surface area contributed by atoms with Gasteiger partial charge < -0.3 is 14.4 Å². The average molecular weight is 575 g/mol. The van der Waals surface area contributed by atoms with E-state index in [1.807, 2.05) is 12.1 Å². The number of rotatable bonds is 0.